The molecule has 2 aromatic heterocycles. The Morgan fingerprint density at radius 1 is 1.19 bits per heavy atom. The van der Waals surface area contributed by atoms with Crippen LogP contribution in [0.2, 0.25) is 0 Å². The maximum Gasteiger partial charge on any atom is 0.416 e. The van der Waals surface area contributed by atoms with Gasteiger partial charge in [0.2, 0.25) is 0 Å². The Kier molecular flexibility index (Phi) is 5.65. The molecule has 0 saturated heterocycles. The Balaban J connectivity index is 1.98. The Morgan fingerprint density at radius 3 is 2.71 bits per heavy atom. The van der Waals surface area contributed by atoms with Crippen LogP contribution in [0.5, 0.6) is 0 Å². The van der Waals surface area contributed by atoms with E-state index in [1.165, 1.54) is 6.07 Å². The number of hydrogen-bond donors (Lipinski definition) is 3. The molecule has 7 nitrogen and oxygen atoms in total. The van der Waals surface area contributed by atoms with Crippen molar-refractivity contribution in [1.29, 1.82) is 0 Å². The average Bonchev–Trinajstić information content (AvgIpc) is 3.18. The number of nitrogens with two attached hydrogens (primary N) is 1. The molecule has 162 valence electrons. The average molecular weight is 449 g/mol. The van der Waals surface area contributed by atoms with Crippen molar-refractivity contribution in [2.75, 3.05) is 18.5 Å². The molecule has 4 rings (SSSR count). The molecule has 11 heteroatoms. The molecule has 31 heavy (non-hydrogen) atoms. The summed E-state index contributed by atoms with van der Waals surface area (Å²) in [5.41, 5.74) is 1.40. The summed E-state index contributed by atoms with van der Waals surface area (Å²) in [6.07, 6.45) is -2.50. The zero-order valence-electron chi connectivity index (χ0n) is 16.1. The zero-order chi connectivity index (χ0) is 22.2. The Bertz CT molecular complexity index is 1290. The summed E-state index contributed by atoms with van der Waals surface area (Å²) in [4.78, 5) is 9.18. The fourth-order valence-corrected chi connectivity index (χ4v) is 3.76. The highest BCUT2D eigenvalue weighted by atomic mass is 32.2. The van der Waals surface area contributed by atoms with Gasteiger partial charge in [0.05, 0.1) is 33.4 Å². The van der Waals surface area contributed by atoms with Gasteiger partial charge >= 0.3 is 6.18 Å². The molecule has 0 bridgehead atoms. The second kappa shape index (κ2) is 8.25. The van der Waals surface area contributed by atoms with Crippen LogP contribution in [0.1, 0.15) is 12.0 Å². The predicted molar refractivity (Wildman–Crippen MR) is 112 cm³/mol. The molecular formula is C20H18F3N5O2S. The lowest BCUT2D eigenvalue weighted by Crippen LogP contribution is -2.09. The standard InChI is InChI=1S/C20H18F3N5O2S/c21-20(22,23)13-5-6-16-15(10-13)27-18(25-7-2-8-29)19-26-11-17(28(16)19)12-3-1-4-14(9-12)31(24)30/h1,3-6,9-11,29H,2,7-8,24H2,(H,25,27). The van der Waals surface area contributed by atoms with Crippen LogP contribution in [0.3, 0.4) is 0 Å². The number of alkyl halides is 3. The summed E-state index contributed by atoms with van der Waals surface area (Å²) in [5, 5.41) is 17.6. The molecular weight excluding hydrogens is 431 g/mol. The number of aliphatic hydroxyl groups is 1. The van der Waals surface area contributed by atoms with Gasteiger partial charge in [-0.25, -0.2) is 19.3 Å². The zero-order valence-corrected chi connectivity index (χ0v) is 16.9. The first-order chi connectivity index (χ1) is 14.8. The van der Waals surface area contributed by atoms with Gasteiger partial charge in [0.25, 0.3) is 0 Å². The number of imidazole rings is 1. The molecule has 2 aromatic carbocycles. The van der Waals surface area contributed by atoms with Crippen LogP contribution in [-0.2, 0) is 17.2 Å². The third-order valence-electron chi connectivity index (χ3n) is 4.74. The maximum absolute atomic E-state index is 13.3. The molecule has 0 aliphatic heterocycles. The number of fused-ring (bicyclic) bond motifs is 3. The Hall–Kier alpha value is -3.02. The molecule has 4 aromatic rings. The van der Waals surface area contributed by atoms with Crippen molar-refractivity contribution in [3.05, 3.63) is 54.2 Å². The number of halogens is 3. The maximum atomic E-state index is 13.3. The largest absolute Gasteiger partial charge is 0.416 e. The number of aliphatic hydroxyl groups excluding tert-OH is 1. The lowest BCUT2D eigenvalue weighted by Gasteiger charge is -2.13. The summed E-state index contributed by atoms with van der Waals surface area (Å²) >= 11 is 0. The highest BCUT2D eigenvalue weighted by Gasteiger charge is 2.31. The van der Waals surface area contributed by atoms with Gasteiger partial charge in [0.15, 0.2) is 11.5 Å². The molecule has 0 aliphatic rings. The number of hydrogen-bond acceptors (Lipinski definition) is 5. The second-order valence-corrected chi connectivity index (χ2v) is 7.86. The van der Waals surface area contributed by atoms with Crippen LogP contribution in [-0.4, -0.2) is 36.8 Å². The van der Waals surface area contributed by atoms with Gasteiger partial charge < -0.3 is 10.4 Å². The first-order valence-corrected chi connectivity index (χ1v) is 10.5. The second-order valence-electron chi connectivity index (χ2n) is 6.79. The minimum Gasteiger partial charge on any atom is -0.396 e. The van der Waals surface area contributed by atoms with Crippen molar-refractivity contribution in [1.82, 2.24) is 14.4 Å². The topological polar surface area (TPSA) is 106 Å². The smallest absolute Gasteiger partial charge is 0.396 e. The monoisotopic (exact) mass is 449 g/mol. The number of rotatable bonds is 6. The molecule has 0 spiro atoms. The number of nitrogens with zero attached hydrogens (tertiary/aromatic N) is 3. The number of nitrogens with one attached hydrogen (secondary N) is 1. The quantitative estimate of drug-likeness (QED) is 0.392. The van der Waals surface area contributed by atoms with E-state index < -0.39 is 22.7 Å². The summed E-state index contributed by atoms with van der Waals surface area (Å²) < 4.78 is 53.1. The van der Waals surface area contributed by atoms with Gasteiger partial charge in [-0.05, 0) is 36.8 Å². The van der Waals surface area contributed by atoms with E-state index in [-0.39, 0.29) is 12.1 Å². The Labute approximate surface area is 177 Å². The van der Waals surface area contributed by atoms with Crippen LogP contribution < -0.4 is 10.5 Å². The van der Waals surface area contributed by atoms with E-state index in [1.54, 1.807) is 34.9 Å². The normalized spacial score (nSPS) is 13.1. The highest BCUT2D eigenvalue weighted by molar-refractivity contribution is 7.82. The van der Waals surface area contributed by atoms with Crippen molar-refractivity contribution in [2.24, 2.45) is 5.14 Å². The highest BCUT2D eigenvalue weighted by Crippen LogP contribution is 2.34. The van der Waals surface area contributed by atoms with Crippen LogP contribution in [0.4, 0.5) is 19.0 Å². The molecule has 0 amide bonds. The van der Waals surface area contributed by atoms with Crippen molar-refractivity contribution >= 4 is 33.5 Å². The van der Waals surface area contributed by atoms with Crippen LogP contribution in [0, 0.1) is 0 Å². The van der Waals surface area contributed by atoms with Crippen LogP contribution >= 0.6 is 0 Å². The fraction of sp³-hybridized carbons (Fsp3) is 0.200. The van der Waals surface area contributed by atoms with Crippen molar-refractivity contribution < 1.29 is 22.5 Å². The summed E-state index contributed by atoms with van der Waals surface area (Å²) in [6, 6.07) is 10.1. The lowest BCUT2D eigenvalue weighted by molar-refractivity contribution is -0.137. The molecule has 1 atom stereocenters. The molecule has 0 saturated carbocycles. The van der Waals surface area contributed by atoms with E-state index in [0.29, 0.717) is 46.1 Å². The third kappa shape index (κ3) is 4.11. The molecule has 4 N–H and O–H groups in total. The number of aromatic nitrogens is 3. The number of benzene rings is 2. The summed E-state index contributed by atoms with van der Waals surface area (Å²) in [6.45, 7) is 0.325. The van der Waals surface area contributed by atoms with Gasteiger partial charge in [-0.3, -0.25) is 4.40 Å². The van der Waals surface area contributed by atoms with E-state index in [2.05, 4.69) is 15.3 Å². The van der Waals surface area contributed by atoms with Gasteiger partial charge in [-0.1, -0.05) is 12.1 Å². The van der Waals surface area contributed by atoms with E-state index in [4.69, 9.17) is 10.2 Å². The summed E-state index contributed by atoms with van der Waals surface area (Å²) in [7, 11) is -1.69. The predicted octanol–water partition coefficient (Wildman–Crippen LogP) is 3.34. The van der Waals surface area contributed by atoms with Crippen molar-refractivity contribution in [2.45, 2.75) is 17.5 Å². The van der Waals surface area contributed by atoms with E-state index in [0.717, 1.165) is 12.1 Å². The Morgan fingerprint density at radius 2 is 2.00 bits per heavy atom. The van der Waals surface area contributed by atoms with Gasteiger partial charge in [0, 0.05) is 18.7 Å². The molecule has 1 unspecified atom stereocenters. The van der Waals surface area contributed by atoms with Crippen LogP contribution in [0.25, 0.3) is 27.9 Å². The molecule has 2 heterocycles. The lowest BCUT2D eigenvalue weighted by atomic mass is 10.1. The first-order valence-electron chi connectivity index (χ1n) is 9.29. The van der Waals surface area contributed by atoms with E-state index >= 15 is 0 Å². The van der Waals surface area contributed by atoms with E-state index in [9.17, 15) is 17.4 Å². The molecule has 0 radical (unpaired) electrons. The van der Waals surface area contributed by atoms with Crippen molar-refractivity contribution in [3.8, 4) is 11.3 Å². The first kappa shape index (κ1) is 21.2. The minimum absolute atomic E-state index is 0.0438. The van der Waals surface area contributed by atoms with E-state index in [1.807, 2.05) is 0 Å². The van der Waals surface area contributed by atoms with Gasteiger partial charge in [-0.2, -0.15) is 13.2 Å². The number of anilines is 1. The third-order valence-corrected chi connectivity index (χ3v) is 5.46. The van der Waals surface area contributed by atoms with Gasteiger partial charge in [-0.15, -0.1) is 0 Å². The van der Waals surface area contributed by atoms with Crippen molar-refractivity contribution in [3.63, 3.8) is 0 Å². The van der Waals surface area contributed by atoms with Crippen LogP contribution in [0.15, 0.2) is 53.6 Å². The molecule has 0 aliphatic carbocycles. The minimum atomic E-state index is -4.51. The van der Waals surface area contributed by atoms with Gasteiger partial charge in [0.1, 0.15) is 11.0 Å². The SMILES string of the molecule is NS(=O)c1cccc(-c2cnc3c(NCCCO)nc4cc(C(F)(F)F)ccc4n23)c1. The molecule has 0 fully saturated rings. The fourth-order valence-electron chi connectivity index (χ4n) is 3.30. The summed E-state index contributed by atoms with van der Waals surface area (Å²) in [5.74, 6) is 0.296.